The normalized spacial score (nSPS) is 12.8. The Morgan fingerprint density at radius 1 is 0.675 bits per heavy atom. The van der Waals surface area contributed by atoms with Crippen molar-refractivity contribution in [2.24, 2.45) is 11.8 Å². The summed E-state index contributed by atoms with van der Waals surface area (Å²) < 4.78 is 23.0. The van der Waals surface area contributed by atoms with E-state index in [0.717, 1.165) is 62.5 Å². The first kappa shape index (κ1) is 31.3. The van der Waals surface area contributed by atoms with Crippen molar-refractivity contribution in [2.75, 3.05) is 13.2 Å². The van der Waals surface area contributed by atoms with Gasteiger partial charge in [0.2, 0.25) is 0 Å². The molecule has 6 heteroatoms. The maximum Gasteiger partial charge on any atom is 0.513 e. The molecule has 0 aliphatic heterocycles. The Kier molecular flexibility index (Phi) is 12.1. The average molecular weight is 551 g/mol. The fraction of sp³-hybridized carbons (Fsp3) is 0.529. The maximum atomic E-state index is 13.0. The van der Waals surface area contributed by atoms with Crippen LogP contribution in [0.15, 0.2) is 36.4 Å². The number of carbonyl (C=O) groups is 2. The highest BCUT2D eigenvalue weighted by atomic mass is 16.7. The third-order valence-electron chi connectivity index (χ3n) is 7.95. The third kappa shape index (κ3) is 7.89. The van der Waals surface area contributed by atoms with Gasteiger partial charge in [0.1, 0.15) is 5.75 Å². The van der Waals surface area contributed by atoms with Crippen molar-refractivity contribution < 1.29 is 28.5 Å². The molecule has 0 radical (unpaired) electrons. The van der Waals surface area contributed by atoms with Crippen LogP contribution in [0.5, 0.6) is 11.5 Å². The number of ether oxygens (including phenoxy) is 4. The van der Waals surface area contributed by atoms with Crippen molar-refractivity contribution in [1.82, 2.24) is 0 Å². The molecule has 3 aromatic rings. The molecule has 0 amide bonds. The second-order valence-electron chi connectivity index (χ2n) is 10.8. The van der Waals surface area contributed by atoms with Crippen LogP contribution in [0.1, 0.15) is 90.2 Å². The quantitative estimate of drug-likeness (QED) is 0.113. The van der Waals surface area contributed by atoms with Gasteiger partial charge >= 0.3 is 12.3 Å². The number of benzene rings is 3. The van der Waals surface area contributed by atoms with E-state index >= 15 is 0 Å². The number of hydrogen-bond acceptors (Lipinski definition) is 6. The van der Waals surface area contributed by atoms with Crippen LogP contribution < -0.4 is 9.47 Å². The van der Waals surface area contributed by atoms with E-state index in [1.54, 1.807) is 0 Å². The van der Waals surface area contributed by atoms with E-state index in [-0.39, 0.29) is 0 Å². The van der Waals surface area contributed by atoms with Gasteiger partial charge in [-0.25, -0.2) is 9.59 Å². The molecule has 218 valence electrons. The first-order valence-electron chi connectivity index (χ1n) is 15.0. The first-order valence-corrected chi connectivity index (χ1v) is 15.0. The zero-order valence-corrected chi connectivity index (χ0v) is 25.1. The van der Waals surface area contributed by atoms with Crippen LogP contribution in [0.2, 0.25) is 0 Å². The molecular formula is C34H46O6. The summed E-state index contributed by atoms with van der Waals surface area (Å²) in [6.45, 7) is 13.2. The highest BCUT2D eigenvalue weighted by molar-refractivity contribution is 6.13. The Morgan fingerprint density at radius 2 is 1.18 bits per heavy atom. The molecule has 3 aromatic carbocycles. The Balaban J connectivity index is 1.95. The number of unbranched alkanes of at least 4 members (excludes halogenated alkanes) is 2. The molecule has 0 aliphatic rings. The molecule has 0 saturated carbocycles. The highest BCUT2D eigenvalue weighted by Gasteiger charge is 2.23. The molecule has 0 aliphatic carbocycles. The number of carbonyl (C=O) groups excluding carboxylic acids is 2. The smallest absolute Gasteiger partial charge is 0.434 e. The van der Waals surface area contributed by atoms with E-state index in [1.165, 1.54) is 0 Å². The molecule has 0 saturated heterocycles. The lowest BCUT2D eigenvalue weighted by atomic mass is 9.95. The lowest BCUT2D eigenvalue weighted by Crippen LogP contribution is -2.18. The van der Waals surface area contributed by atoms with Gasteiger partial charge < -0.3 is 18.9 Å². The van der Waals surface area contributed by atoms with Crippen LogP contribution in [0.4, 0.5) is 9.59 Å². The van der Waals surface area contributed by atoms with E-state index in [1.807, 2.05) is 50.2 Å². The second-order valence-corrected chi connectivity index (χ2v) is 10.8. The first-order chi connectivity index (χ1) is 19.3. The molecule has 6 nitrogen and oxygen atoms in total. The van der Waals surface area contributed by atoms with Crippen molar-refractivity contribution in [3.8, 4) is 11.5 Å². The lowest BCUT2D eigenvalue weighted by molar-refractivity contribution is 0.0805. The summed E-state index contributed by atoms with van der Waals surface area (Å²) >= 11 is 0. The topological polar surface area (TPSA) is 71.1 Å². The SMILES string of the molecule is CCCCC(CC)COC(=O)Oc1c2ccccc2c(OC(=O)OCC(CC)CCCC)c2c(C)c(C)ccc12. The molecule has 0 N–H and O–H groups in total. The summed E-state index contributed by atoms with van der Waals surface area (Å²) in [7, 11) is 0. The second kappa shape index (κ2) is 15.5. The predicted octanol–water partition coefficient (Wildman–Crippen LogP) is 10.1. The monoisotopic (exact) mass is 550 g/mol. The Bertz CT molecular complexity index is 1280. The average Bonchev–Trinajstić information content (AvgIpc) is 2.96. The molecule has 2 atom stereocenters. The van der Waals surface area contributed by atoms with Crippen molar-refractivity contribution in [2.45, 2.75) is 92.9 Å². The molecule has 0 aromatic heterocycles. The van der Waals surface area contributed by atoms with Gasteiger partial charge in [0.05, 0.1) is 13.2 Å². The van der Waals surface area contributed by atoms with Gasteiger partial charge in [0.25, 0.3) is 0 Å². The van der Waals surface area contributed by atoms with Crippen LogP contribution >= 0.6 is 0 Å². The van der Waals surface area contributed by atoms with Crippen molar-refractivity contribution in [3.05, 3.63) is 47.5 Å². The summed E-state index contributed by atoms with van der Waals surface area (Å²) in [4.78, 5) is 25.9. The fourth-order valence-corrected chi connectivity index (χ4v) is 5.07. The van der Waals surface area contributed by atoms with E-state index in [2.05, 4.69) is 27.7 Å². The molecule has 40 heavy (non-hydrogen) atoms. The minimum atomic E-state index is -0.731. The van der Waals surface area contributed by atoms with Crippen LogP contribution in [-0.4, -0.2) is 25.5 Å². The summed E-state index contributed by atoms with van der Waals surface area (Å²) in [6.07, 6.45) is 6.88. The van der Waals surface area contributed by atoms with Gasteiger partial charge in [-0.3, -0.25) is 0 Å². The minimum absolute atomic E-state index is 0.307. The van der Waals surface area contributed by atoms with Gasteiger partial charge in [-0.05, 0) is 49.7 Å². The zero-order valence-electron chi connectivity index (χ0n) is 25.1. The summed E-state index contributed by atoms with van der Waals surface area (Å²) in [5.74, 6) is 1.42. The van der Waals surface area contributed by atoms with Crippen LogP contribution in [0, 0.1) is 25.7 Å². The zero-order chi connectivity index (χ0) is 29.1. The molecule has 0 spiro atoms. The van der Waals surface area contributed by atoms with Gasteiger partial charge in [-0.1, -0.05) is 103 Å². The molecule has 0 bridgehead atoms. The standard InChI is InChI=1S/C34H46O6/c1-7-11-15-25(9-3)21-37-33(35)39-31-27-17-13-14-18-28(27)32(30-24(6)23(5)19-20-29(30)31)40-34(36)38-22-26(10-4)16-12-8-2/h13-14,17-20,25-26H,7-12,15-16,21-22H2,1-6H3. The predicted molar refractivity (Wildman–Crippen MR) is 161 cm³/mol. The molecule has 2 unspecified atom stereocenters. The number of rotatable bonds is 14. The van der Waals surface area contributed by atoms with E-state index in [9.17, 15) is 9.59 Å². The van der Waals surface area contributed by atoms with Gasteiger partial charge in [0, 0.05) is 21.5 Å². The lowest BCUT2D eigenvalue weighted by Gasteiger charge is -2.19. The van der Waals surface area contributed by atoms with Gasteiger partial charge in [0.15, 0.2) is 5.75 Å². The van der Waals surface area contributed by atoms with Crippen molar-refractivity contribution in [1.29, 1.82) is 0 Å². The molecule has 0 heterocycles. The number of aryl methyl sites for hydroxylation is 2. The summed E-state index contributed by atoms with van der Waals surface area (Å²) in [5.41, 5.74) is 1.96. The van der Waals surface area contributed by atoms with Crippen molar-refractivity contribution >= 4 is 33.9 Å². The maximum absolute atomic E-state index is 13.0. The number of fused-ring (bicyclic) bond motifs is 2. The van der Waals surface area contributed by atoms with Crippen molar-refractivity contribution in [3.63, 3.8) is 0 Å². The molecular weight excluding hydrogens is 504 g/mol. The molecule has 3 rings (SSSR count). The largest absolute Gasteiger partial charge is 0.513 e. The Labute approximate surface area is 239 Å². The summed E-state index contributed by atoms with van der Waals surface area (Å²) in [5, 5.41) is 2.71. The Morgan fingerprint density at radius 3 is 1.68 bits per heavy atom. The third-order valence-corrected chi connectivity index (χ3v) is 7.95. The van der Waals surface area contributed by atoms with E-state index in [0.29, 0.717) is 58.1 Å². The highest BCUT2D eigenvalue weighted by Crippen LogP contribution is 2.45. The number of hydrogen-bond donors (Lipinski definition) is 0. The Hall–Kier alpha value is -3.28. The minimum Gasteiger partial charge on any atom is -0.434 e. The molecule has 0 fully saturated rings. The van der Waals surface area contributed by atoms with Gasteiger partial charge in [-0.15, -0.1) is 0 Å². The van der Waals surface area contributed by atoms with Crippen LogP contribution in [-0.2, 0) is 9.47 Å². The van der Waals surface area contributed by atoms with Crippen LogP contribution in [0.25, 0.3) is 21.5 Å². The summed E-state index contributed by atoms with van der Waals surface area (Å²) in [6, 6.07) is 11.3. The van der Waals surface area contributed by atoms with Gasteiger partial charge in [-0.2, -0.15) is 0 Å². The van der Waals surface area contributed by atoms with E-state index in [4.69, 9.17) is 18.9 Å². The van der Waals surface area contributed by atoms with Crippen LogP contribution in [0.3, 0.4) is 0 Å². The van der Waals surface area contributed by atoms with E-state index < -0.39 is 12.3 Å². The fourth-order valence-electron chi connectivity index (χ4n) is 5.07.